The molecular weight excluding hydrogens is 382 g/mol. The van der Waals surface area contributed by atoms with Gasteiger partial charge in [0.1, 0.15) is 0 Å². The maximum Gasteiger partial charge on any atom is 0.387 e. The van der Waals surface area contributed by atoms with Gasteiger partial charge in [-0.3, -0.25) is 9.59 Å². The molecule has 0 heterocycles. The van der Waals surface area contributed by atoms with Gasteiger partial charge in [0.25, 0.3) is 5.91 Å². The van der Waals surface area contributed by atoms with Crippen molar-refractivity contribution in [1.82, 2.24) is 10.2 Å². The van der Waals surface area contributed by atoms with Gasteiger partial charge in [0.2, 0.25) is 5.91 Å². The van der Waals surface area contributed by atoms with Crippen LogP contribution in [-0.2, 0) is 11.3 Å². The Labute approximate surface area is 168 Å². The van der Waals surface area contributed by atoms with Crippen molar-refractivity contribution >= 4 is 11.8 Å². The van der Waals surface area contributed by atoms with E-state index in [9.17, 15) is 18.4 Å². The summed E-state index contributed by atoms with van der Waals surface area (Å²) in [4.78, 5) is 26.1. The highest BCUT2D eigenvalue weighted by atomic mass is 19.3. The van der Waals surface area contributed by atoms with Crippen LogP contribution in [0.2, 0.25) is 0 Å². The fraction of sp³-hybridized carbons (Fsp3) is 0.333. The molecule has 2 aromatic carbocycles. The van der Waals surface area contributed by atoms with Gasteiger partial charge in [-0.25, -0.2) is 0 Å². The monoisotopic (exact) mass is 406 g/mol. The highest BCUT2D eigenvalue weighted by Gasteiger charge is 2.17. The normalized spacial score (nSPS) is 11.7. The molecule has 0 aliphatic heterocycles. The predicted molar refractivity (Wildman–Crippen MR) is 104 cm³/mol. The van der Waals surface area contributed by atoms with E-state index in [1.807, 2.05) is 6.07 Å². The van der Waals surface area contributed by atoms with Crippen LogP contribution in [0, 0.1) is 0 Å². The molecule has 0 fully saturated rings. The van der Waals surface area contributed by atoms with E-state index in [1.54, 1.807) is 44.3 Å². The third kappa shape index (κ3) is 6.74. The second-order valence-corrected chi connectivity index (χ2v) is 6.56. The highest BCUT2D eigenvalue weighted by Crippen LogP contribution is 2.29. The lowest BCUT2D eigenvalue weighted by Gasteiger charge is -2.21. The van der Waals surface area contributed by atoms with Crippen LogP contribution in [0.5, 0.6) is 11.5 Å². The molecule has 0 aliphatic carbocycles. The Morgan fingerprint density at radius 3 is 2.41 bits per heavy atom. The average molecular weight is 406 g/mol. The molecule has 0 saturated carbocycles. The smallest absolute Gasteiger partial charge is 0.387 e. The molecule has 1 unspecified atom stereocenters. The van der Waals surface area contributed by atoms with Crippen LogP contribution in [0.4, 0.5) is 8.78 Å². The van der Waals surface area contributed by atoms with E-state index in [-0.39, 0.29) is 42.3 Å². The van der Waals surface area contributed by atoms with E-state index >= 15 is 0 Å². The third-order valence-corrected chi connectivity index (χ3v) is 4.18. The first kappa shape index (κ1) is 22.1. The van der Waals surface area contributed by atoms with Crippen molar-refractivity contribution in [3.63, 3.8) is 0 Å². The number of hydrogen-bond donors (Lipinski definition) is 1. The van der Waals surface area contributed by atoms with Gasteiger partial charge in [-0.2, -0.15) is 8.78 Å². The Bertz CT molecular complexity index is 831. The summed E-state index contributed by atoms with van der Waals surface area (Å²) in [5.74, 6) is -0.361. The minimum atomic E-state index is -2.98. The lowest BCUT2D eigenvalue weighted by atomic mass is 10.1. The van der Waals surface area contributed by atoms with Gasteiger partial charge < -0.3 is 19.7 Å². The second kappa shape index (κ2) is 10.4. The molecule has 0 aromatic heterocycles. The minimum Gasteiger partial charge on any atom is -0.493 e. The summed E-state index contributed by atoms with van der Waals surface area (Å²) in [6.07, 6.45) is 0.103. The Morgan fingerprint density at radius 1 is 1.10 bits per heavy atom. The Balaban J connectivity index is 1.93. The van der Waals surface area contributed by atoms with Crippen molar-refractivity contribution in [2.24, 2.45) is 0 Å². The molecule has 6 nitrogen and oxygen atoms in total. The summed E-state index contributed by atoms with van der Waals surface area (Å²) >= 11 is 0. The molecule has 1 N–H and O–H groups in total. The van der Waals surface area contributed by atoms with Crippen LogP contribution in [0.3, 0.4) is 0 Å². The van der Waals surface area contributed by atoms with Gasteiger partial charge in [-0.15, -0.1) is 0 Å². The van der Waals surface area contributed by atoms with Crippen molar-refractivity contribution in [1.29, 1.82) is 0 Å². The summed E-state index contributed by atoms with van der Waals surface area (Å²) < 4.78 is 34.6. The van der Waals surface area contributed by atoms with E-state index in [0.717, 1.165) is 0 Å². The zero-order chi connectivity index (χ0) is 21.4. The van der Waals surface area contributed by atoms with E-state index in [1.165, 1.54) is 24.1 Å². The summed E-state index contributed by atoms with van der Waals surface area (Å²) in [5, 5.41) is 2.79. The lowest BCUT2D eigenvalue weighted by molar-refractivity contribution is -0.130. The van der Waals surface area contributed by atoms with Gasteiger partial charge in [-0.05, 0) is 36.8 Å². The number of nitrogens with zero attached hydrogens (tertiary/aromatic N) is 1. The van der Waals surface area contributed by atoms with Gasteiger partial charge in [-0.1, -0.05) is 24.3 Å². The average Bonchev–Trinajstić information content (AvgIpc) is 2.68. The zero-order valence-corrected chi connectivity index (χ0v) is 16.5. The van der Waals surface area contributed by atoms with E-state index in [4.69, 9.17) is 4.74 Å². The van der Waals surface area contributed by atoms with E-state index in [2.05, 4.69) is 10.1 Å². The largest absolute Gasteiger partial charge is 0.493 e. The van der Waals surface area contributed by atoms with Crippen LogP contribution < -0.4 is 14.8 Å². The first-order valence-corrected chi connectivity index (χ1v) is 9.01. The predicted octanol–water partition coefficient (Wildman–Crippen LogP) is 3.46. The van der Waals surface area contributed by atoms with Crippen LogP contribution in [0.25, 0.3) is 0 Å². The van der Waals surface area contributed by atoms with Gasteiger partial charge in [0.05, 0.1) is 7.11 Å². The molecule has 1 atom stereocenters. The molecule has 8 heteroatoms. The molecule has 29 heavy (non-hydrogen) atoms. The van der Waals surface area contributed by atoms with Gasteiger partial charge in [0.15, 0.2) is 11.5 Å². The number of methoxy groups -OCH3 is 1. The number of ether oxygens (including phenoxy) is 2. The van der Waals surface area contributed by atoms with Crippen molar-refractivity contribution in [3.05, 3.63) is 59.7 Å². The molecule has 0 spiro atoms. The van der Waals surface area contributed by atoms with Crippen molar-refractivity contribution < 1.29 is 27.8 Å². The molecule has 0 radical (unpaired) electrons. The molecule has 0 saturated heterocycles. The lowest BCUT2D eigenvalue weighted by Crippen LogP contribution is -2.37. The van der Waals surface area contributed by atoms with E-state index < -0.39 is 6.61 Å². The topological polar surface area (TPSA) is 67.9 Å². The Kier molecular flexibility index (Phi) is 7.94. The number of alkyl halides is 2. The highest BCUT2D eigenvalue weighted by molar-refractivity contribution is 5.94. The summed E-state index contributed by atoms with van der Waals surface area (Å²) in [7, 11) is 2.96. The number of carbonyl (C=O) groups is 2. The molecular formula is C21H24F2N2O4. The third-order valence-electron chi connectivity index (χ3n) is 4.18. The number of nitrogens with one attached hydrogen (secondary N) is 1. The zero-order valence-electron chi connectivity index (χ0n) is 16.5. The first-order valence-electron chi connectivity index (χ1n) is 9.01. The molecule has 156 valence electrons. The number of amides is 2. The minimum absolute atomic E-state index is 0.0932. The van der Waals surface area contributed by atoms with Gasteiger partial charge in [0, 0.05) is 31.6 Å². The van der Waals surface area contributed by atoms with Crippen LogP contribution in [0.1, 0.15) is 29.3 Å². The molecule has 2 amide bonds. The number of benzene rings is 2. The number of rotatable bonds is 9. The SMILES string of the molecule is COc1ccc(CN(C)C(=O)CC(C)NC(=O)c2ccccc2)cc1OC(F)F. The maximum absolute atomic E-state index is 12.6. The van der Waals surface area contributed by atoms with Crippen molar-refractivity contribution in [2.45, 2.75) is 32.5 Å². The molecule has 2 rings (SSSR count). The molecule has 0 aliphatic rings. The molecule has 0 bridgehead atoms. The van der Waals surface area contributed by atoms with E-state index in [0.29, 0.717) is 11.1 Å². The van der Waals surface area contributed by atoms with Crippen molar-refractivity contribution in [2.75, 3.05) is 14.2 Å². The quantitative estimate of drug-likeness (QED) is 0.693. The standard InChI is InChI=1S/C21H24F2N2O4/c1-14(24-20(27)16-7-5-4-6-8-16)11-19(26)25(2)13-15-9-10-17(28-3)18(12-15)29-21(22)23/h4-10,12,14,21H,11,13H2,1-3H3,(H,24,27). The maximum atomic E-state index is 12.6. The number of hydrogen-bond acceptors (Lipinski definition) is 4. The second-order valence-electron chi connectivity index (χ2n) is 6.56. The Hall–Kier alpha value is -3.16. The van der Waals surface area contributed by atoms with Crippen LogP contribution >= 0.6 is 0 Å². The van der Waals surface area contributed by atoms with Crippen molar-refractivity contribution in [3.8, 4) is 11.5 Å². The van der Waals surface area contributed by atoms with Gasteiger partial charge >= 0.3 is 6.61 Å². The Morgan fingerprint density at radius 2 is 1.79 bits per heavy atom. The fourth-order valence-electron chi connectivity index (χ4n) is 2.74. The number of halogens is 2. The van der Waals surface area contributed by atoms with Crippen LogP contribution in [-0.4, -0.2) is 43.5 Å². The number of carbonyl (C=O) groups excluding carboxylic acids is 2. The summed E-state index contributed by atoms with van der Waals surface area (Å²) in [5.41, 5.74) is 1.13. The first-order chi connectivity index (χ1) is 13.8. The summed E-state index contributed by atoms with van der Waals surface area (Å²) in [6, 6.07) is 12.9. The molecule has 2 aromatic rings. The summed E-state index contributed by atoms with van der Waals surface area (Å²) in [6.45, 7) is -1.04. The van der Waals surface area contributed by atoms with Crippen LogP contribution in [0.15, 0.2) is 48.5 Å². The fourth-order valence-corrected chi connectivity index (χ4v) is 2.74.